The van der Waals surface area contributed by atoms with Crippen molar-refractivity contribution in [1.82, 2.24) is 0 Å². The molecule has 0 radical (unpaired) electrons. The van der Waals surface area contributed by atoms with Gasteiger partial charge < -0.3 is 9.47 Å². The summed E-state index contributed by atoms with van der Waals surface area (Å²) in [6.07, 6.45) is 0.725. The van der Waals surface area contributed by atoms with Gasteiger partial charge in [-0.1, -0.05) is 6.92 Å². The molecule has 4 nitrogen and oxygen atoms in total. The van der Waals surface area contributed by atoms with Crippen molar-refractivity contribution in [2.45, 2.75) is 27.2 Å². The second kappa shape index (κ2) is 5.14. The van der Waals surface area contributed by atoms with Crippen molar-refractivity contribution in [3.05, 3.63) is 0 Å². The molecule has 0 heterocycles. The van der Waals surface area contributed by atoms with Crippen LogP contribution in [0.3, 0.4) is 0 Å². The van der Waals surface area contributed by atoms with Crippen molar-refractivity contribution in [3.63, 3.8) is 0 Å². The van der Waals surface area contributed by atoms with Gasteiger partial charge >= 0.3 is 11.9 Å². The summed E-state index contributed by atoms with van der Waals surface area (Å²) in [5.41, 5.74) is 0. The average molecular weight is 214 g/mol. The molecule has 0 N–H and O–H groups in total. The molecule has 1 aliphatic carbocycles. The van der Waals surface area contributed by atoms with Gasteiger partial charge in [-0.05, 0) is 26.2 Å². The van der Waals surface area contributed by atoms with Gasteiger partial charge in [0, 0.05) is 0 Å². The van der Waals surface area contributed by atoms with Gasteiger partial charge in [0.25, 0.3) is 0 Å². The standard InChI is InChI=1S/C11H18O4/c1-4-14-10(12)8-6-7(3)9(8)11(13)15-5-2/h7-9H,4-6H2,1-3H3. The lowest BCUT2D eigenvalue weighted by atomic mass is 9.65. The van der Waals surface area contributed by atoms with Gasteiger partial charge in [0.2, 0.25) is 0 Å². The third kappa shape index (κ3) is 2.49. The number of hydrogen-bond acceptors (Lipinski definition) is 4. The predicted octanol–water partition coefficient (Wildman–Crippen LogP) is 1.38. The highest BCUT2D eigenvalue weighted by molar-refractivity contribution is 5.84. The number of ether oxygens (including phenoxy) is 2. The summed E-state index contributed by atoms with van der Waals surface area (Å²) in [4.78, 5) is 23.0. The maximum Gasteiger partial charge on any atom is 0.310 e. The summed E-state index contributed by atoms with van der Waals surface area (Å²) in [5, 5.41) is 0. The van der Waals surface area contributed by atoms with E-state index in [0.717, 1.165) is 6.42 Å². The van der Waals surface area contributed by atoms with E-state index in [2.05, 4.69) is 0 Å². The first-order valence-corrected chi connectivity index (χ1v) is 5.45. The van der Waals surface area contributed by atoms with Crippen LogP contribution in [0.1, 0.15) is 27.2 Å². The Morgan fingerprint density at radius 1 is 1.13 bits per heavy atom. The summed E-state index contributed by atoms with van der Waals surface area (Å²) in [5.74, 6) is -0.913. The van der Waals surface area contributed by atoms with Crippen LogP contribution in [0.4, 0.5) is 0 Å². The van der Waals surface area contributed by atoms with E-state index >= 15 is 0 Å². The van der Waals surface area contributed by atoms with Gasteiger partial charge in [-0.2, -0.15) is 0 Å². The second-order valence-electron chi connectivity index (χ2n) is 3.85. The lowest BCUT2D eigenvalue weighted by molar-refractivity contribution is -0.171. The Morgan fingerprint density at radius 2 is 1.67 bits per heavy atom. The van der Waals surface area contributed by atoms with E-state index in [1.807, 2.05) is 6.92 Å². The van der Waals surface area contributed by atoms with Crippen molar-refractivity contribution in [2.75, 3.05) is 13.2 Å². The summed E-state index contributed by atoms with van der Waals surface area (Å²) >= 11 is 0. The average Bonchev–Trinajstić information content (AvgIpc) is 2.14. The van der Waals surface area contributed by atoms with E-state index in [1.54, 1.807) is 13.8 Å². The maximum atomic E-state index is 11.5. The minimum atomic E-state index is -0.302. The highest BCUT2D eigenvalue weighted by Gasteiger charge is 2.48. The molecule has 1 aliphatic rings. The number of carbonyl (C=O) groups is 2. The molecule has 0 aromatic rings. The summed E-state index contributed by atoms with van der Waals surface area (Å²) in [7, 11) is 0. The lowest BCUT2D eigenvalue weighted by Gasteiger charge is -2.38. The zero-order chi connectivity index (χ0) is 11.4. The van der Waals surface area contributed by atoms with Crippen LogP contribution in [0.2, 0.25) is 0 Å². The molecule has 0 aromatic carbocycles. The first kappa shape index (κ1) is 12.0. The third-order valence-corrected chi connectivity index (χ3v) is 2.82. The maximum absolute atomic E-state index is 11.5. The number of rotatable bonds is 4. The van der Waals surface area contributed by atoms with Crippen LogP contribution in [0.25, 0.3) is 0 Å². The van der Waals surface area contributed by atoms with Gasteiger partial charge in [0.1, 0.15) is 0 Å². The quantitative estimate of drug-likeness (QED) is 0.663. The van der Waals surface area contributed by atoms with Gasteiger partial charge in [-0.3, -0.25) is 9.59 Å². The summed E-state index contributed by atoms with van der Waals surface area (Å²) in [6.45, 7) is 6.20. The Hall–Kier alpha value is -1.06. The molecule has 1 rings (SSSR count). The zero-order valence-electron chi connectivity index (χ0n) is 9.49. The highest BCUT2D eigenvalue weighted by Crippen LogP contribution is 2.41. The van der Waals surface area contributed by atoms with Gasteiger partial charge in [0.15, 0.2) is 0 Å². The summed E-state index contributed by atoms with van der Waals surface area (Å²) < 4.78 is 9.83. The van der Waals surface area contributed by atoms with Crippen LogP contribution in [0.5, 0.6) is 0 Å². The van der Waals surface area contributed by atoms with Gasteiger partial charge in [-0.25, -0.2) is 0 Å². The molecule has 0 spiro atoms. The molecule has 0 aliphatic heterocycles. The Bertz CT molecular complexity index is 249. The van der Waals surface area contributed by atoms with E-state index < -0.39 is 0 Å². The van der Waals surface area contributed by atoms with Crippen molar-refractivity contribution in [1.29, 1.82) is 0 Å². The van der Waals surface area contributed by atoms with Crippen molar-refractivity contribution in [3.8, 4) is 0 Å². The monoisotopic (exact) mass is 214 g/mol. The largest absolute Gasteiger partial charge is 0.466 e. The Morgan fingerprint density at radius 3 is 2.13 bits per heavy atom. The Kier molecular flexibility index (Phi) is 4.12. The van der Waals surface area contributed by atoms with Crippen LogP contribution >= 0.6 is 0 Å². The van der Waals surface area contributed by atoms with Crippen LogP contribution in [-0.2, 0) is 19.1 Å². The second-order valence-corrected chi connectivity index (χ2v) is 3.85. The molecule has 0 bridgehead atoms. The fourth-order valence-corrected chi connectivity index (χ4v) is 2.02. The first-order chi connectivity index (χ1) is 7.11. The van der Waals surface area contributed by atoms with Crippen LogP contribution in [0, 0.1) is 17.8 Å². The van der Waals surface area contributed by atoms with Crippen molar-refractivity contribution < 1.29 is 19.1 Å². The lowest BCUT2D eigenvalue weighted by Crippen LogP contribution is -2.46. The zero-order valence-corrected chi connectivity index (χ0v) is 9.49. The Labute approximate surface area is 89.9 Å². The SMILES string of the molecule is CCOC(=O)C1CC(C)C1C(=O)OCC. The molecular formula is C11H18O4. The van der Waals surface area contributed by atoms with Gasteiger partial charge in [-0.15, -0.1) is 0 Å². The molecule has 0 saturated heterocycles. The van der Waals surface area contributed by atoms with E-state index in [0.29, 0.717) is 13.2 Å². The van der Waals surface area contributed by atoms with E-state index in [1.165, 1.54) is 0 Å². The minimum Gasteiger partial charge on any atom is -0.466 e. The Balaban J connectivity index is 2.54. The van der Waals surface area contributed by atoms with Crippen molar-refractivity contribution >= 4 is 11.9 Å². The van der Waals surface area contributed by atoms with Crippen LogP contribution in [-0.4, -0.2) is 25.2 Å². The normalized spacial score (nSPS) is 29.1. The number of hydrogen-bond donors (Lipinski definition) is 0. The third-order valence-electron chi connectivity index (χ3n) is 2.82. The summed E-state index contributed by atoms with van der Waals surface area (Å²) in [6, 6.07) is 0. The molecular weight excluding hydrogens is 196 g/mol. The predicted molar refractivity (Wildman–Crippen MR) is 54.0 cm³/mol. The molecule has 0 amide bonds. The number of carbonyl (C=O) groups excluding carboxylic acids is 2. The van der Waals surface area contributed by atoms with E-state index in [9.17, 15) is 9.59 Å². The topological polar surface area (TPSA) is 52.6 Å². The highest BCUT2D eigenvalue weighted by atomic mass is 16.5. The molecule has 0 aromatic heterocycles. The first-order valence-electron chi connectivity index (χ1n) is 5.45. The molecule has 1 fully saturated rings. The smallest absolute Gasteiger partial charge is 0.310 e. The fourth-order valence-electron chi connectivity index (χ4n) is 2.02. The molecule has 4 heteroatoms. The molecule has 3 unspecified atom stereocenters. The van der Waals surface area contributed by atoms with E-state index in [4.69, 9.17) is 9.47 Å². The number of esters is 2. The molecule has 1 saturated carbocycles. The minimum absolute atomic E-state index is 0.221. The fraction of sp³-hybridized carbons (Fsp3) is 0.818. The van der Waals surface area contributed by atoms with E-state index in [-0.39, 0.29) is 29.7 Å². The molecule has 3 atom stereocenters. The van der Waals surface area contributed by atoms with Gasteiger partial charge in [0.05, 0.1) is 25.0 Å². The van der Waals surface area contributed by atoms with Crippen molar-refractivity contribution in [2.24, 2.45) is 17.8 Å². The van der Waals surface area contributed by atoms with Crippen LogP contribution < -0.4 is 0 Å². The molecule has 15 heavy (non-hydrogen) atoms. The molecule has 86 valence electrons. The van der Waals surface area contributed by atoms with Crippen LogP contribution in [0.15, 0.2) is 0 Å².